The van der Waals surface area contributed by atoms with Gasteiger partial charge in [-0.3, -0.25) is 10.1 Å². The lowest BCUT2D eigenvalue weighted by atomic mass is 10.1. The van der Waals surface area contributed by atoms with Crippen molar-refractivity contribution < 1.29 is 4.92 Å². The third-order valence-corrected chi connectivity index (χ3v) is 3.38. The van der Waals surface area contributed by atoms with Crippen molar-refractivity contribution in [2.45, 2.75) is 13.0 Å². The molecule has 0 saturated heterocycles. The molecule has 98 valence electrons. The summed E-state index contributed by atoms with van der Waals surface area (Å²) in [5.74, 6) is 0. The number of aromatic nitrogens is 2. The van der Waals surface area contributed by atoms with Crippen molar-refractivity contribution in [3.8, 4) is 0 Å². The summed E-state index contributed by atoms with van der Waals surface area (Å²) in [7, 11) is 1.93. The van der Waals surface area contributed by atoms with Crippen molar-refractivity contribution in [2.24, 2.45) is 7.05 Å². The number of non-ortho nitro benzene ring substituents is 1. The Kier molecular flexibility index (Phi) is 2.70. The molecule has 0 radical (unpaired) electrons. The predicted molar refractivity (Wildman–Crippen MR) is 71.1 cm³/mol. The van der Waals surface area contributed by atoms with E-state index in [1.807, 2.05) is 23.9 Å². The molecule has 6 heteroatoms. The van der Waals surface area contributed by atoms with Gasteiger partial charge in [-0.05, 0) is 12.0 Å². The normalized spacial score (nSPS) is 13.6. The fourth-order valence-corrected chi connectivity index (χ4v) is 2.46. The number of anilines is 1. The monoisotopic (exact) mass is 258 g/mol. The molecule has 0 N–H and O–H groups in total. The Labute approximate surface area is 110 Å². The standard InChI is InChI=1S/C13H14N4O2/c1-15-7-11(14-9-15)8-16-5-4-10-2-3-12(17(18)19)6-13(10)16/h2-3,6-7,9H,4-5,8H2,1H3. The molecule has 2 heterocycles. The van der Waals surface area contributed by atoms with E-state index in [0.29, 0.717) is 6.54 Å². The fourth-order valence-electron chi connectivity index (χ4n) is 2.46. The van der Waals surface area contributed by atoms with Crippen LogP contribution in [0.25, 0.3) is 0 Å². The van der Waals surface area contributed by atoms with Crippen LogP contribution in [0.5, 0.6) is 0 Å². The predicted octanol–water partition coefficient (Wildman–Crippen LogP) is 1.89. The topological polar surface area (TPSA) is 64.2 Å². The van der Waals surface area contributed by atoms with E-state index < -0.39 is 0 Å². The van der Waals surface area contributed by atoms with Gasteiger partial charge in [0.25, 0.3) is 5.69 Å². The minimum Gasteiger partial charge on any atom is -0.365 e. The van der Waals surface area contributed by atoms with E-state index in [-0.39, 0.29) is 10.6 Å². The van der Waals surface area contributed by atoms with Gasteiger partial charge >= 0.3 is 0 Å². The molecule has 1 aromatic carbocycles. The molecule has 0 unspecified atom stereocenters. The Hall–Kier alpha value is -2.37. The van der Waals surface area contributed by atoms with E-state index in [4.69, 9.17) is 0 Å². The SMILES string of the molecule is Cn1cnc(CN2CCc3ccc([N+](=O)[O-])cc32)c1. The number of nitro benzene ring substituents is 1. The van der Waals surface area contributed by atoms with Crippen molar-refractivity contribution in [2.75, 3.05) is 11.4 Å². The zero-order valence-corrected chi connectivity index (χ0v) is 10.6. The lowest BCUT2D eigenvalue weighted by Crippen LogP contribution is -2.19. The average Bonchev–Trinajstić information content (AvgIpc) is 2.96. The number of hydrogen-bond donors (Lipinski definition) is 0. The minimum absolute atomic E-state index is 0.145. The maximum atomic E-state index is 10.8. The molecule has 19 heavy (non-hydrogen) atoms. The summed E-state index contributed by atoms with van der Waals surface area (Å²) in [6.45, 7) is 1.57. The average molecular weight is 258 g/mol. The van der Waals surface area contributed by atoms with E-state index in [2.05, 4.69) is 9.88 Å². The summed E-state index contributed by atoms with van der Waals surface area (Å²) in [5.41, 5.74) is 3.25. The Morgan fingerprint density at radius 1 is 1.47 bits per heavy atom. The van der Waals surface area contributed by atoms with Gasteiger partial charge in [-0.2, -0.15) is 0 Å². The Bertz CT molecular complexity index is 635. The molecule has 3 rings (SSSR count). The van der Waals surface area contributed by atoms with Crippen LogP contribution in [-0.4, -0.2) is 21.0 Å². The van der Waals surface area contributed by atoms with Gasteiger partial charge in [0, 0.05) is 37.6 Å². The molecule has 0 aliphatic carbocycles. The van der Waals surface area contributed by atoms with Gasteiger partial charge in [-0.15, -0.1) is 0 Å². The summed E-state index contributed by atoms with van der Waals surface area (Å²) in [6, 6.07) is 5.08. The lowest BCUT2D eigenvalue weighted by molar-refractivity contribution is -0.384. The van der Waals surface area contributed by atoms with E-state index in [9.17, 15) is 10.1 Å². The second-order valence-electron chi connectivity index (χ2n) is 4.77. The van der Waals surface area contributed by atoms with Crippen LogP contribution in [0.3, 0.4) is 0 Å². The summed E-state index contributed by atoms with van der Waals surface area (Å²) in [4.78, 5) is 16.9. The van der Waals surface area contributed by atoms with Crippen LogP contribution in [-0.2, 0) is 20.0 Å². The first-order valence-corrected chi connectivity index (χ1v) is 6.12. The third kappa shape index (κ3) is 2.16. The van der Waals surface area contributed by atoms with Crippen LogP contribution in [0, 0.1) is 10.1 Å². The number of hydrogen-bond acceptors (Lipinski definition) is 4. The first kappa shape index (κ1) is 11.7. The Morgan fingerprint density at radius 2 is 2.32 bits per heavy atom. The highest BCUT2D eigenvalue weighted by molar-refractivity contribution is 5.62. The van der Waals surface area contributed by atoms with E-state index in [1.165, 1.54) is 5.56 Å². The van der Waals surface area contributed by atoms with Crippen LogP contribution in [0.15, 0.2) is 30.7 Å². The van der Waals surface area contributed by atoms with Crippen molar-refractivity contribution in [3.05, 3.63) is 52.1 Å². The van der Waals surface area contributed by atoms with Gasteiger partial charge in [0.15, 0.2) is 0 Å². The molecule has 0 saturated carbocycles. The fraction of sp³-hybridized carbons (Fsp3) is 0.308. The highest BCUT2D eigenvalue weighted by Crippen LogP contribution is 2.32. The maximum Gasteiger partial charge on any atom is 0.271 e. The van der Waals surface area contributed by atoms with Crippen molar-refractivity contribution >= 4 is 11.4 Å². The number of rotatable bonds is 3. The van der Waals surface area contributed by atoms with E-state index >= 15 is 0 Å². The highest BCUT2D eigenvalue weighted by Gasteiger charge is 2.22. The molecule has 1 aliphatic rings. The molecule has 6 nitrogen and oxygen atoms in total. The first-order chi connectivity index (χ1) is 9.13. The molecule has 0 atom stereocenters. The second kappa shape index (κ2) is 4.38. The lowest BCUT2D eigenvalue weighted by Gasteiger charge is -2.17. The number of imidazole rings is 1. The Balaban J connectivity index is 1.88. The van der Waals surface area contributed by atoms with E-state index in [1.54, 1.807) is 18.5 Å². The summed E-state index contributed by atoms with van der Waals surface area (Å²) >= 11 is 0. The zero-order chi connectivity index (χ0) is 13.4. The molecule has 0 amide bonds. The smallest absolute Gasteiger partial charge is 0.271 e. The number of fused-ring (bicyclic) bond motifs is 1. The van der Waals surface area contributed by atoms with E-state index in [0.717, 1.165) is 24.3 Å². The minimum atomic E-state index is -0.350. The zero-order valence-electron chi connectivity index (χ0n) is 10.6. The van der Waals surface area contributed by atoms with Gasteiger partial charge in [0.2, 0.25) is 0 Å². The number of nitro groups is 1. The quantitative estimate of drug-likeness (QED) is 0.623. The molecular weight excluding hydrogens is 244 g/mol. The molecule has 0 bridgehead atoms. The number of benzene rings is 1. The summed E-state index contributed by atoms with van der Waals surface area (Å²) < 4.78 is 1.90. The van der Waals surface area contributed by atoms with Crippen molar-refractivity contribution in [1.82, 2.24) is 9.55 Å². The third-order valence-electron chi connectivity index (χ3n) is 3.38. The van der Waals surface area contributed by atoms with Crippen LogP contribution in [0.1, 0.15) is 11.3 Å². The van der Waals surface area contributed by atoms with Gasteiger partial charge in [0.05, 0.1) is 23.5 Å². The van der Waals surface area contributed by atoms with Crippen molar-refractivity contribution in [1.29, 1.82) is 0 Å². The van der Waals surface area contributed by atoms with Crippen LogP contribution < -0.4 is 4.90 Å². The second-order valence-corrected chi connectivity index (χ2v) is 4.77. The largest absolute Gasteiger partial charge is 0.365 e. The maximum absolute atomic E-state index is 10.8. The highest BCUT2D eigenvalue weighted by atomic mass is 16.6. The molecule has 2 aromatic rings. The van der Waals surface area contributed by atoms with Crippen LogP contribution >= 0.6 is 0 Å². The van der Waals surface area contributed by atoms with Gasteiger partial charge in [-0.1, -0.05) is 6.07 Å². The van der Waals surface area contributed by atoms with Crippen molar-refractivity contribution in [3.63, 3.8) is 0 Å². The molecule has 0 fully saturated rings. The summed E-state index contributed by atoms with van der Waals surface area (Å²) in [6.07, 6.45) is 4.66. The molecule has 1 aliphatic heterocycles. The van der Waals surface area contributed by atoms with Gasteiger partial charge in [-0.25, -0.2) is 4.98 Å². The number of nitrogens with zero attached hydrogens (tertiary/aromatic N) is 4. The van der Waals surface area contributed by atoms with Crippen LogP contribution in [0.4, 0.5) is 11.4 Å². The number of aryl methyl sites for hydroxylation is 1. The molecule has 1 aromatic heterocycles. The first-order valence-electron chi connectivity index (χ1n) is 6.12. The molecular formula is C13H14N4O2. The van der Waals surface area contributed by atoms with Crippen LogP contribution in [0.2, 0.25) is 0 Å². The Morgan fingerprint density at radius 3 is 3.00 bits per heavy atom. The molecule has 0 spiro atoms. The van der Waals surface area contributed by atoms with Gasteiger partial charge < -0.3 is 9.47 Å². The van der Waals surface area contributed by atoms with Gasteiger partial charge in [0.1, 0.15) is 0 Å². The summed E-state index contributed by atoms with van der Waals surface area (Å²) in [5, 5.41) is 10.8.